The Morgan fingerprint density at radius 1 is 1.40 bits per heavy atom. The van der Waals surface area contributed by atoms with E-state index in [0.717, 1.165) is 9.75 Å². The van der Waals surface area contributed by atoms with E-state index < -0.39 is 0 Å². The van der Waals surface area contributed by atoms with Crippen molar-refractivity contribution >= 4 is 17.2 Å². The third-order valence-corrected chi connectivity index (χ3v) is 2.93. The summed E-state index contributed by atoms with van der Waals surface area (Å²) in [7, 11) is 0. The predicted octanol–water partition coefficient (Wildman–Crippen LogP) is 2.87. The fourth-order valence-corrected chi connectivity index (χ4v) is 2.09. The Morgan fingerprint density at radius 2 is 2.00 bits per heavy atom. The van der Waals surface area contributed by atoms with Crippen LogP contribution in [-0.4, -0.2) is 23.9 Å². The van der Waals surface area contributed by atoms with E-state index in [0.29, 0.717) is 13.1 Å². The summed E-state index contributed by atoms with van der Waals surface area (Å²) < 4.78 is 0. The van der Waals surface area contributed by atoms with Crippen LogP contribution in [-0.2, 0) is 0 Å². The number of aryl methyl sites for hydroxylation is 1. The van der Waals surface area contributed by atoms with Crippen LogP contribution in [0, 0.1) is 6.92 Å². The van der Waals surface area contributed by atoms with Gasteiger partial charge in [-0.2, -0.15) is 0 Å². The largest absolute Gasteiger partial charge is 0.331 e. The molecule has 0 fully saturated rings. The highest BCUT2D eigenvalue weighted by molar-refractivity contribution is 7.13. The van der Waals surface area contributed by atoms with Gasteiger partial charge in [0.2, 0.25) is 0 Å². The van der Waals surface area contributed by atoms with Gasteiger partial charge in [-0.25, -0.2) is 0 Å². The number of carbonyl (C=O) groups is 1. The normalized spacial score (nSPS) is 9.67. The second kappa shape index (κ2) is 5.51. The van der Waals surface area contributed by atoms with Crippen LogP contribution >= 0.6 is 11.3 Å². The Labute approximate surface area is 94.5 Å². The van der Waals surface area contributed by atoms with Crippen molar-refractivity contribution in [2.75, 3.05) is 13.1 Å². The number of carbonyl (C=O) groups excluding carboxylic acids is 1. The van der Waals surface area contributed by atoms with E-state index in [9.17, 15) is 4.79 Å². The molecule has 1 aromatic heterocycles. The van der Waals surface area contributed by atoms with Crippen LogP contribution in [0.2, 0.25) is 0 Å². The van der Waals surface area contributed by atoms with Crippen molar-refractivity contribution in [3.63, 3.8) is 0 Å². The molecule has 0 aliphatic heterocycles. The molecule has 2 nitrogen and oxygen atoms in total. The average Bonchev–Trinajstić information content (AvgIpc) is 2.63. The zero-order chi connectivity index (χ0) is 11.3. The zero-order valence-electron chi connectivity index (χ0n) is 8.90. The molecular weight excluding hydrogens is 206 g/mol. The number of rotatable bonds is 5. The first-order valence-electron chi connectivity index (χ1n) is 4.76. The molecule has 0 atom stereocenters. The van der Waals surface area contributed by atoms with Gasteiger partial charge < -0.3 is 4.90 Å². The summed E-state index contributed by atoms with van der Waals surface area (Å²) in [6.07, 6.45) is 3.45. The topological polar surface area (TPSA) is 20.3 Å². The molecule has 0 aliphatic carbocycles. The average molecular weight is 221 g/mol. The van der Waals surface area contributed by atoms with Crippen LogP contribution in [0.15, 0.2) is 37.4 Å². The molecule has 1 heterocycles. The third-order valence-electron chi connectivity index (χ3n) is 1.94. The van der Waals surface area contributed by atoms with Gasteiger partial charge in [0, 0.05) is 18.0 Å². The molecule has 0 radical (unpaired) electrons. The molecule has 1 amide bonds. The van der Waals surface area contributed by atoms with Crippen LogP contribution in [0.3, 0.4) is 0 Å². The van der Waals surface area contributed by atoms with E-state index in [1.807, 2.05) is 19.1 Å². The molecule has 0 N–H and O–H groups in total. The minimum absolute atomic E-state index is 0.0490. The standard InChI is InChI=1S/C12H15NOS/c1-4-8-13(9-5-2)12(14)11-7-6-10(3)15-11/h4-7H,1-2,8-9H2,3H3. The van der Waals surface area contributed by atoms with Gasteiger partial charge in [-0.1, -0.05) is 12.2 Å². The number of hydrogen-bond donors (Lipinski definition) is 0. The smallest absolute Gasteiger partial charge is 0.264 e. The number of amides is 1. The summed E-state index contributed by atoms with van der Waals surface area (Å²) in [6.45, 7) is 10.4. The maximum atomic E-state index is 12.0. The van der Waals surface area contributed by atoms with E-state index in [1.54, 1.807) is 17.1 Å². The minimum atomic E-state index is 0.0490. The lowest BCUT2D eigenvalue weighted by Gasteiger charge is -2.17. The number of thiophene rings is 1. The summed E-state index contributed by atoms with van der Waals surface area (Å²) in [5.74, 6) is 0.0490. The summed E-state index contributed by atoms with van der Waals surface area (Å²) in [5.41, 5.74) is 0. The molecule has 15 heavy (non-hydrogen) atoms. The molecule has 0 bridgehead atoms. The van der Waals surface area contributed by atoms with Crippen molar-refractivity contribution in [1.29, 1.82) is 0 Å². The van der Waals surface area contributed by atoms with Gasteiger partial charge >= 0.3 is 0 Å². The molecule has 80 valence electrons. The van der Waals surface area contributed by atoms with E-state index in [1.165, 1.54) is 11.3 Å². The lowest BCUT2D eigenvalue weighted by Crippen LogP contribution is -2.30. The number of nitrogens with zero attached hydrogens (tertiary/aromatic N) is 1. The van der Waals surface area contributed by atoms with Gasteiger partial charge in [0.15, 0.2) is 0 Å². The van der Waals surface area contributed by atoms with Crippen molar-refractivity contribution in [1.82, 2.24) is 4.90 Å². The van der Waals surface area contributed by atoms with Crippen LogP contribution in [0.1, 0.15) is 14.5 Å². The zero-order valence-corrected chi connectivity index (χ0v) is 9.72. The van der Waals surface area contributed by atoms with Gasteiger partial charge in [-0.3, -0.25) is 4.79 Å². The molecule has 0 spiro atoms. The molecule has 3 heteroatoms. The van der Waals surface area contributed by atoms with E-state index in [-0.39, 0.29) is 5.91 Å². The Morgan fingerprint density at radius 3 is 2.40 bits per heavy atom. The predicted molar refractivity (Wildman–Crippen MR) is 65.4 cm³/mol. The van der Waals surface area contributed by atoms with Gasteiger partial charge in [0.1, 0.15) is 0 Å². The maximum absolute atomic E-state index is 12.0. The molecule has 0 aromatic carbocycles. The third kappa shape index (κ3) is 3.06. The maximum Gasteiger partial charge on any atom is 0.264 e. The van der Waals surface area contributed by atoms with Crippen LogP contribution in [0.5, 0.6) is 0 Å². The molecule has 0 unspecified atom stereocenters. The van der Waals surface area contributed by atoms with Crippen molar-refractivity contribution < 1.29 is 4.79 Å². The van der Waals surface area contributed by atoms with E-state index >= 15 is 0 Å². The van der Waals surface area contributed by atoms with Crippen molar-refractivity contribution in [3.8, 4) is 0 Å². The van der Waals surface area contributed by atoms with Crippen molar-refractivity contribution in [3.05, 3.63) is 47.2 Å². The Balaban J connectivity index is 2.79. The molecule has 0 saturated carbocycles. The first-order chi connectivity index (χ1) is 7.19. The Hall–Kier alpha value is -1.35. The molecule has 0 saturated heterocycles. The second-order valence-corrected chi connectivity index (χ2v) is 4.49. The number of hydrogen-bond acceptors (Lipinski definition) is 2. The molecule has 1 rings (SSSR count). The SMILES string of the molecule is C=CCN(CC=C)C(=O)c1ccc(C)s1. The van der Waals surface area contributed by atoms with Crippen LogP contribution in [0.25, 0.3) is 0 Å². The van der Waals surface area contributed by atoms with Gasteiger partial charge in [-0.15, -0.1) is 24.5 Å². The summed E-state index contributed by atoms with van der Waals surface area (Å²) in [6, 6.07) is 3.82. The Kier molecular flexibility index (Phi) is 4.31. The highest BCUT2D eigenvalue weighted by atomic mass is 32.1. The first-order valence-corrected chi connectivity index (χ1v) is 5.58. The minimum Gasteiger partial charge on any atom is -0.331 e. The van der Waals surface area contributed by atoms with Gasteiger partial charge in [0.05, 0.1) is 4.88 Å². The fourth-order valence-electron chi connectivity index (χ4n) is 1.26. The summed E-state index contributed by atoms with van der Waals surface area (Å²) >= 11 is 1.52. The fraction of sp³-hybridized carbons (Fsp3) is 0.250. The lowest BCUT2D eigenvalue weighted by atomic mass is 10.3. The molecular formula is C12H15NOS. The summed E-state index contributed by atoms with van der Waals surface area (Å²) in [5, 5.41) is 0. The second-order valence-electron chi connectivity index (χ2n) is 3.20. The van der Waals surface area contributed by atoms with Crippen molar-refractivity contribution in [2.45, 2.75) is 6.92 Å². The van der Waals surface area contributed by atoms with Gasteiger partial charge in [-0.05, 0) is 19.1 Å². The van der Waals surface area contributed by atoms with Crippen LogP contribution < -0.4 is 0 Å². The lowest BCUT2D eigenvalue weighted by molar-refractivity contribution is 0.0795. The van der Waals surface area contributed by atoms with E-state index in [4.69, 9.17) is 0 Å². The van der Waals surface area contributed by atoms with Gasteiger partial charge in [0.25, 0.3) is 5.91 Å². The van der Waals surface area contributed by atoms with Crippen molar-refractivity contribution in [2.24, 2.45) is 0 Å². The monoisotopic (exact) mass is 221 g/mol. The molecule has 0 aliphatic rings. The van der Waals surface area contributed by atoms with E-state index in [2.05, 4.69) is 13.2 Å². The Bertz CT molecular complexity index is 357. The highest BCUT2D eigenvalue weighted by Gasteiger charge is 2.14. The molecule has 1 aromatic rings. The van der Waals surface area contributed by atoms with Crippen LogP contribution in [0.4, 0.5) is 0 Å². The summed E-state index contributed by atoms with van der Waals surface area (Å²) in [4.78, 5) is 15.6. The highest BCUT2D eigenvalue weighted by Crippen LogP contribution is 2.17. The quantitative estimate of drug-likeness (QED) is 0.700. The first kappa shape index (κ1) is 11.7.